The number of hydrogen-bond donors (Lipinski definition) is 2. The number of hydrogen-bond acceptors (Lipinski definition) is 8. The molecule has 0 bridgehead atoms. The minimum atomic E-state index is -0.476. The molecule has 1 fully saturated rings. The summed E-state index contributed by atoms with van der Waals surface area (Å²) in [6.07, 6.45) is 0.238. The van der Waals surface area contributed by atoms with Crippen molar-refractivity contribution in [1.29, 1.82) is 0 Å². The first kappa shape index (κ1) is 20.6. The van der Waals surface area contributed by atoms with E-state index >= 15 is 0 Å². The van der Waals surface area contributed by atoms with Gasteiger partial charge in [-0.05, 0) is 44.5 Å². The van der Waals surface area contributed by atoms with Gasteiger partial charge in [0.25, 0.3) is 5.56 Å². The molecular formula is C21H24N6O4. The second kappa shape index (κ2) is 8.21. The molecule has 1 aliphatic heterocycles. The summed E-state index contributed by atoms with van der Waals surface area (Å²) in [6, 6.07) is 6.74. The molecule has 1 aliphatic rings. The molecule has 31 heavy (non-hydrogen) atoms. The second-order valence-electron chi connectivity index (χ2n) is 7.39. The van der Waals surface area contributed by atoms with Gasteiger partial charge in [0, 0.05) is 16.5 Å². The molecule has 0 aliphatic carbocycles. The smallest absolute Gasteiger partial charge is 0.417 e. The number of rotatable bonds is 6. The van der Waals surface area contributed by atoms with Gasteiger partial charge in [-0.25, -0.2) is 9.69 Å². The van der Waals surface area contributed by atoms with Crippen molar-refractivity contribution >= 4 is 28.9 Å². The van der Waals surface area contributed by atoms with Crippen molar-refractivity contribution in [2.24, 2.45) is 0 Å². The SMILES string of the molecule is CCC1COC(=O)N1c1nc(C)nc(N[C@H](C)c2cc3cc(OC)ccc3[nH]c2=O)n1. The summed E-state index contributed by atoms with van der Waals surface area (Å²) in [5.41, 5.74) is 1.03. The lowest BCUT2D eigenvalue weighted by molar-refractivity contribution is 0.178. The van der Waals surface area contributed by atoms with Crippen molar-refractivity contribution in [2.75, 3.05) is 23.9 Å². The number of ether oxygens (including phenoxy) is 2. The normalized spacial score (nSPS) is 17.0. The summed E-state index contributed by atoms with van der Waals surface area (Å²) in [4.78, 5) is 42.2. The van der Waals surface area contributed by atoms with E-state index in [1.165, 1.54) is 4.90 Å². The van der Waals surface area contributed by atoms with E-state index in [4.69, 9.17) is 9.47 Å². The molecule has 2 aromatic heterocycles. The van der Waals surface area contributed by atoms with Gasteiger partial charge in [-0.3, -0.25) is 4.79 Å². The highest BCUT2D eigenvalue weighted by molar-refractivity contribution is 5.88. The predicted octanol–water partition coefficient (Wildman–Crippen LogP) is 2.94. The Labute approximate surface area is 178 Å². The van der Waals surface area contributed by atoms with E-state index in [1.54, 1.807) is 26.2 Å². The second-order valence-corrected chi connectivity index (χ2v) is 7.39. The minimum absolute atomic E-state index is 0.127. The number of H-pyrrole nitrogens is 1. The highest BCUT2D eigenvalue weighted by Crippen LogP contribution is 2.24. The van der Waals surface area contributed by atoms with Crippen LogP contribution in [0.3, 0.4) is 0 Å². The summed E-state index contributed by atoms with van der Waals surface area (Å²) in [7, 11) is 1.60. The van der Waals surface area contributed by atoms with E-state index in [0.717, 1.165) is 10.9 Å². The highest BCUT2D eigenvalue weighted by atomic mass is 16.6. The number of amides is 1. The van der Waals surface area contributed by atoms with Crippen LogP contribution in [-0.4, -0.2) is 45.8 Å². The number of carbonyl (C=O) groups excluding carboxylic acids is 1. The van der Waals surface area contributed by atoms with Crippen LogP contribution in [0.25, 0.3) is 10.9 Å². The molecular weight excluding hydrogens is 400 g/mol. The number of anilines is 2. The Balaban J connectivity index is 1.65. The number of methoxy groups -OCH3 is 1. The standard InChI is InChI=1S/C21H24N6O4/c1-5-14-10-31-21(29)27(14)20-24-12(3)23-19(26-20)22-11(2)16-9-13-8-15(30-4)6-7-17(13)25-18(16)28/h6-9,11,14H,5,10H2,1-4H3,(H,25,28)(H,22,23,24,26)/t11-,14?/m1/s1. The Morgan fingerprint density at radius 3 is 2.84 bits per heavy atom. The van der Waals surface area contributed by atoms with E-state index in [2.05, 4.69) is 25.3 Å². The van der Waals surface area contributed by atoms with Crippen LogP contribution >= 0.6 is 0 Å². The number of benzene rings is 1. The summed E-state index contributed by atoms with van der Waals surface area (Å²) in [6.45, 7) is 5.83. The quantitative estimate of drug-likeness (QED) is 0.619. The van der Waals surface area contributed by atoms with Crippen LogP contribution in [0, 0.1) is 6.92 Å². The molecule has 0 radical (unpaired) electrons. The average molecular weight is 424 g/mol. The summed E-state index contributed by atoms with van der Waals surface area (Å²) >= 11 is 0. The number of carbonyl (C=O) groups is 1. The van der Waals surface area contributed by atoms with Gasteiger partial charge in [-0.15, -0.1) is 0 Å². The van der Waals surface area contributed by atoms with E-state index in [-0.39, 0.29) is 23.5 Å². The highest BCUT2D eigenvalue weighted by Gasteiger charge is 2.35. The lowest BCUT2D eigenvalue weighted by Gasteiger charge is -2.20. The van der Waals surface area contributed by atoms with E-state index < -0.39 is 12.1 Å². The Kier molecular flexibility index (Phi) is 5.45. The molecule has 1 aromatic carbocycles. The molecule has 162 valence electrons. The van der Waals surface area contributed by atoms with Crippen molar-refractivity contribution < 1.29 is 14.3 Å². The zero-order valence-corrected chi connectivity index (χ0v) is 17.8. The van der Waals surface area contributed by atoms with Gasteiger partial charge in [0.05, 0.1) is 19.2 Å². The zero-order valence-electron chi connectivity index (χ0n) is 17.8. The first-order valence-electron chi connectivity index (χ1n) is 10.1. The van der Waals surface area contributed by atoms with Crippen LogP contribution in [0.1, 0.15) is 37.7 Å². The number of aryl methyl sites for hydroxylation is 1. The summed E-state index contributed by atoms with van der Waals surface area (Å²) in [5.74, 6) is 1.65. The van der Waals surface area contributed by atoms with Gasteiger partial charge >= 0.3 is 6.09 Å². The van der Waals surface area contributed by atoms with Gasteiger partial charge in [0.15, 0.2) is 0 Å². The van der Waals surface area contributed by atoms with Gasteiger partial charge in [0.2, 0.25) is 11.9 Å². The Hall–Kier alpha value is -3.69. The monoisotopic (exact) mass is 424 g/mol. The third-order valence-corrected chi connectivity index (χ3v) is 5.28. The molecule has 1 saturated heterocycles. The van der Waals surface area contributed by atoms with Crippen molar-refractivity contribution in [3.8, 4) is 5.75 Å². The summed E-state index contributed by atoms with van der Waals surface area (Å²) in [5, 5.41) is 4.00. The molecule has 2 N–H and O–H groups in total. The molecule has 2 atom stereocenters. The molecule has 1 amide bonds. The summed E-state index contributed by atoms with van der Waals surface area (Å²) < 4.78 is 10.4. The van der Waals surface area contributed by atoms with Crippen LogP contribution in [0.2, 0.25) is 0 Å². The minimum Gasteiger partial charge on any atom is -0.497 e. The largest absolute Gasteiger partial charge is 0.497 e. The van der Waals surface area contributed by atoms with Gasteiger partial charge in [-0.2, -0.15) is 15.0 Å². The van der Waals surface area contributed by atoms with Crippen molar-refractivity contribution in [3.63, 3.8) is 0 Å². The maximum Gasteiger partial charge on any atom is 0.417 e. The van der Waals surface area contributed by atoms with Crippen LogP contribution in [0.15, 0.2) is 29.1 Å². The number of pyridine rings is 1. The fraction of sp³-hybridized carbons (Fsp3) is 0.381. The molecule has 10 heteroatoms. The van der Waals surface area contributed by atoms with Gasteiger partial charge in [0.1, 0.15) is 18.2 Å². The number of cyclic esters (lactones) is 1. The number of fused-ring (bicyclic) bond motifs is 1. The molecule has 0 spiro atoms. The zero-order chi connectivity index (χ0) is 22.1. The molecule has 4 rings (SSSR count). The Morgan fingerprint density at radius 2 is 2.10 bits per heavy atom. The molecule has 1 unspecified atom stereocenters. The topological polar surface area (TPSA) is 122 Å². The van der Waals surface area contributed by atoms with E-state index in [0.29, 0.717) is 30.2 Å². The first-order chi connectivity index (χ1) is 14.9. The van der Waals surface area contributed by atoms with Crippen LogP contribution in [-0.2, 0) is 4.74 Å². The van der Waals surface area contributed by atoms with Gasteiger partial charge in [-0.1, -0.05) is 6.92 Å². The third-order valence-electron chi connectivity index (χ3n) is 5.28. The first-order valence-corrected chi connectivity index (χ1v) is 10.1. The number of nitrogens with one attached hydrogen (secondary N) is 2. The molecule has 0 saturated carbocycles. The van der Waals surface area contributed by atoms with Crippen LogP contribution in [0.4, 0.5) is 16.7 Å². The third kappa shape index (κ3) is 4.00. The van der Waals surface area contributed by atoms with Crippen molar-refractivity contribution in [3.05, 3.63) is 46.0 Å². The predicted molar refractivity (Wildman–Crippen MR) is 116 cm³/mol. The molecule has 10 nitrogen and oxygen atoms in total. The fourth-order valence-electron chi connectivity index (χ4n) is 3.57. The maximum absolute atomic E-state index is 12.6. The lowest BCUT2D eigenvalue weighted by atomic mass is 10.1. The lowest BCUT2D eigenvalue weighted by Crippen LogP contribution is -2.35. The van der Waals surface area contributed by atoms with Gasteiger partial charge < -0.3 is 19.8 Å². The van der Waals surface area contributed by atoms with Crippen LogP contribution in [0.5, 0.6) is 5.75 Å². The fourth-order valence-corrected chi connectivity index (χ4v) is 3.57. The van der Waals surface area contributed by atoms with E-state index in [1.807, 2.05) is 26.0 Å². The Bertz CT molecular complexity index is 1190. The van der Waals surface area contributed by atoms with Crippen molar-refractivity contribution in [1.82, 2.24) is 19.9 Å². The number of nitrogens with zero attached hydrogens (tertiary/aromatic N) is 4. The number of aromatic nitrogens is 4. The van der Waals surface area contributed by atoms with E-state index in [9.17, 15) is 9.59 Å². The maximum atomic E-state index is 12.6. The van der Waals surface area contributed by atoms with Crippen LogP contribution < -0.4 is 20.5 Å². The Morgan fingerprint density at radius 1 is 1.29 bits per heavy atom. The van der Waals surface area contributed by atoms with Crippen molar-refractivity contribution in [2.45, 2.75) is 39.3 Å². The molecule has 3 heterocycles. The number of aromatic amines is 1. The molecule has 3 aromatic rings. The average Bonchev–Trinajstić information content (AvgIpc) is 3.13.